The van der Waals surface area contributed by atoms with E-state index >= 15 is 0 Å². The van der Waals surface area contributed by atoms with Crippen LogP contribution in [0.5, 0.6) is 0 Å². The van der Waals surface area contributed by atoms with Crippen LogP contribution in [0.15, 0.2) is 42.0 Å². The number of carbonyl (C=O) groups is 1. The van der Waals surface area contributed by atoms with Crippen molar-refractivity contribution >= 4 is 28.5 Å². The van der Waals surface area contributed by atoms with Crippen LogP contribution in [0.4, 0.5) is 5.69 Å². The Kier molecular flexibility index (Phi) is 11.6. The molecule has 2 aromatic carbocycles. The first-order valence-electron chi connectivity index (χ1n) is 12.9. The number of anilines is 1. The molecule has 6 heteroatoms. The summed E-state index contributed by atoms with van der Waals surface area (Å²) in [6.07, 6.45) is 10.1. The van der Waals surface area contributed by atoms with E-state index in [-0.39, 0.29) is 18.8 Å². The number of ether oxygens (including phenoxy) is 3. The number of piperidine rings is 1. The summed E-state index contributed by atoms with van der Waals surface area (Å²) in [7, 11) is 0. The third kappa shape index (κ3) is 9.01. The summed E-state index contributed by atoms with van der Waals surface area (Å²) in [6.45, 7) is 6.53. The lowest BCUT2D eigenvalue weighted by atomic mass is 10.0. The second kappa shape index (κ2) is 15.2. The largest absolute Gasteiger partial charge is 0.459 e. The molecule has 0 saturated carbocycles. The van der Waals surface area contributed by atoms with Crippen molar-refractivity contribution < 1.29 is 19.0 Å². The van der Waals surface area contributed by atoms with Gasteiger partial charge in [-0.05, 0) is 66.3 Å². The number of hydrogen-bond donors (Lipinski definition) is 0. The summed E-state index contributed by atoms with van der Waals surface area (Å²) in [5, 5.41) is 11.7. The van der Waals surface area contributed by atoms with Crippen LogP contribution in [0, 0.1) is 11.3 Å². The highest BCUT2D eigenvalue weighted by atomic mass is 16.6. The van der Waals surface area contributed by atoms with Crippen LogP contribution in [0.1, 0.15) is 57.4 Å². The molecule has 0 spiro atoms. The molecule has 188 valence electrons. The van der Waals surface area contributed by atoms with Gasteiger partial charge in [-0.15, -0.1) is 0 Å². The molecule has 2 aromatic rings. The minimum Gasteiger partial charge on any atom is -0.459 e. The molecule has 1 saturated heterocycles. The Bertz CT molecular complexity index is 1010. The van der Waals surface area contributed by atoms with Crippen molar-refractivity contribution in [1.29, 1.82) is 5.26 Å². The van der Waals surface area contributed by atoms with Crippen LogP contribution in [0.3, 0.4) is 0 Å². The third-order valence-electron chi connectivity index (χ3n) is 6.20. The molecule has 0 aliphatic carbocycles. The Morgan fingerprint density at radius 3 is 2.40 bits per heavy atom. The van der Waals surface area contributed by atoms with E-state index in [1.54, 1.807) is 6.08 Å². The lowest BCUT2D eigenvalue weighted by Crippen LogP contribution is -2.29. The topological polar surface area (TPSA) is 71.8 Å². The van der Waals surface area contributed by atoms with E-state index in [2.05, 4.69) is 30.0 Å². The number of nitrogens with zero attached hydrogens (tertiary/aromatic N) is 2. The van der Waals surface area contributed by atoms with Crippen molar-refractivity contribution in [3.8, 4) is 6.07 Å². The molecule has 35 heavy (non-hydrogen) atoms. The first-order valence-corrected chi connectivity index (χ1v) is 12.9. The third-order valence-corrected chi connectivity index (χ3v) is 6.20. The summed E-state index contributed by atoms with van der Waals surface area (Å²) in [5.74, 6) is -0.635. The van der Waals surface area contributed by atoms with E-state index in [1.165, 1.54) is 44.2 Å². The highest BCUT2D eigenvalue weighted by Gasteiger charge is 2.13. The molecule has 6 nitrogen and oxygen atoms in total. The van der Waals surface area contributed by atoms with Gasteiger partial charge >= 0.3 is 5.97 Å². The maximum atomic E-state index is 12.3. The second-order valence-electron chi connectivity index (χ2n) is 8.93. The maximum Gasteiger partial charge on any atom is 0.348 e. The van der Waals surface area contributed by atoms with E-state index in [9.17, 15) is 10.1 Å². The summed E-state index contributed by atoms with van der Waals surface area (Å²) >= 11 is 0. The van der Waals surface area contributed by atoms with Gasteiger partial charge in [0.2, 0.25) is 0 Å². The molecular formula is C29H38N2O4. The zero-order valence-electron chi connectivity index (χ0n) is 21.0. The van der Waals surface area contributed by atoms with Gasteiger partial charge in [0.15, 0.2) is 0 Å². The van der Waals surface area contributed by atoms with Gasteiger partial charge in [-0.1, -0.05) is 44.4 Å². The standard InChI is InChI=1S/C29H38N2O4/c1-2-3-4-8-15-33-16-17-34-18-19-35-29(32)27(23-30)21-24-9-10-26-22-28(12-11-25(26)20-24)31-13-6-5-7-14-31/h9-12,20-22H,2-8,13-19H2,1H3/b27-21+. The quantitative estimate of drug-likeness (QED) is 0.146. The van der Waals surface area contributed by atoms with Crippen LogP contribution in [0.25, 0.3) is 16.8 Å². The normalized spacial score (nSPS) is 14.2. The van der Waals surface area contributed by atoms with Gasteiger partial charge in [0.25, 0.3) is 0 Å². The molecule has 1 heterocycles. The SMILES string of the molecule is CCCCCCOCCOCCOC(=O)/C(C#N)=C/c1ccc2cc(N3CCCCC3)ccc2c1. The first kappa shape index (κ1) is 26.7. The molecule has 1 aliphatic rings. The van der Waals surface area contributed by atoms with Gasteiger partial charge in [0.05, 0.1) is 19.8 Å². The molecule has 3 rings (SSSR count). The highest BCUT2D eigenvalue weighted by Crippen LogP contribution is 2.26. The van der Waals surface area contributed by atoms with Crippen LogP contribution in [0.2, 0.25) is 0 Å². The Morgan fingerprint density at radius 2 is 1.63 bits per heavy atom. The average Bonchev–Trinajstić information content (AvgIpc) is 2.90. The van der Waals surface area contributed by atoms with E-state index in [0.29, 0.717) is 13.2 Å². The monoisotopic (exact) mass is 478 g/mol. The molecule has 0 radical (unpaired) electrons. The molecule has 0 N–H and O–H groups in total. The second-order valence-corrected chi connectivity index (χ2v) is 8.93. The van der Waals surface area contributed by atoms with Gasteiger partial charge < -0.3 is 19.1 Å². The minimum absolute atomic E-state index is 0.0234. The Labute approximate surface area is 209 Å². The molecule has 0 bridgehead atoms. The molecule has 0 atom stereocenters. The molecular weight excluding hydrogens is 440 g/mol. The van der Waals surface area contributed by atoms with Gasteiger partial charge in [0, 0.05) is 25.4 Å². The van der Waals surface area contributed by atoms with Crippen molar-refractivity contribution in [2.45, 2.75) is 51.9 Å². The Morgan fingerprint density at radius 1 is 0.914 bits per heavy atom. The fraction of sp³-hybridized carbons (Fsp3) is 0.517. The van der Waals surface area contributed by atoms with Gasteiger partial charge in [-0.25, -0.2) is 4.79 Å². The summed E-state index contributed by atoms with van der Waals surface area (Å²) in [5.41, 5.74) is 2.02. The zero-order chi connectivity index (χ0) is 24.7. The van der Waals surface area contributed by atoms with Crippen molar-refractivity contribution in [3.63, 3.8) is 0 Å². The fourth-order valence-corrected chi connectivity index (χ4v) is 4.22. The molecule has 1 fully saturated rings. The predicted molar refractivity (Wildman–Crippen MR) is 140 cm³/mol. The predicted octanol–water partition coefficient (Wildman–Crippen LogP) is 5.89. The maximum absolute atomic E-state index is 12.3. The smallest absolute Gasteiger partial charge is 0.348 e. The Hall–Kier alpha value is -2.88. The summed E-state index contributed by atoms with van der Waals surface area (Å²) in [6, 6.07) is 14.4. The van der Waals surface area contributed by atoms with E-state index in [0.717, 1.165) is 42.5 Å². The fourth-order valence-electron chi connectivity index (χ4n) is 4.22. The van der Waals surface area contributed by atoms with Crippen molar-refractivity contribution in [2.75, 3.05) is 51.0 Å². The number of carbonyl (C=O) groups excluding carboxylic acids is 1. The van der Waals surface area contributed by atoms with Gasteiger partial charge in [0.1, 0.15) is 18.2 Å². The number of nitriles is 1. The van der Waals surface area contributed by atoms with Crippen molar-refractivity contribution in [3.05, 3.63) is 47.5 Å². The molecule has 1 aliphatic heterocycles. The van der Waals surface area contributed by atoms with Crippen LogP contribution in [-0.2, 0) is 19.0 Å². The zero-order valence-corrected chi connectivity index (χ0v) is 21.0. The summed E-state index contributed by atoms with van der Waals surface area (Å²) in [4.78, 5) is 14.8. The number of hydrogen-bond acceptors (Lipinski definition) is 6. The number of fused-ring (bicyclic) bond motifs is 1. The van der Waals surface area contributed by atoms with Crippen LogP contribution >= 0.6 is 0 Å². The highest BCUT2D eigenvalue weighted by molar-refractivity contribution is 5.98. The summed E-state index contributed by atoms with van der Waals surface area (Å²) < 4.78 is 16.2. The van der Waals surface area contributed by atoms with Crippen LogP contribution < -0.4 is 4.90 Å². The molecule has 0 unspecified atom stereocenters. The van der Waals surface area contributed by atoms with Crippen LogP contribution in [-0.4, -0.2) is 52.1 Å². The van der Waals surface area contributed by atoms with E-state index in [1.807, 2.05) is 24.3 Å². The number of esters is 1. The number of unbranched alkanes of at least 4 members (excludes halogenated alkanes) is 3. The minimum atomic E-state index is -0.635. The van der Waals surface area contributed by atoms with E-state index < -0.39 is 5.97 Å². The average molecular weight is 479 g/mol. The molecule has 0 amide bonds. The lowest BCUT2D eigenvalue weighted by Gasteiger charge is -2.29. The Balaban J connectivity index is 1.43. The lowest BCUT2D eigenvalue weighted by molar-refractivity contribution is -0.140. The first-order chi connectivity index (χ1) is 17.2. The molecule has 0 aromatic heterocycles. The van der Waals surface area contributed by atoms with Crippen molar-refractivity contribution in [1.82, 2.24) is 0 Å². The van der Waals surface area contributed by atoms with E-state index in [4.69, 9.17) is 14.2 Å². The number of rotatable bonds is 14. The van der Waals surface area contributed by atoms with Gasteiger partial charge in [-0.2, -0.15) is 5.26 Å². The number of benzene rings is 2. The van der Waals surface area contributed by atoms with Crippen molar-refractivity contribution in [2.24, 2.45) is 0 Å². The van der Waals surface area contributed by atoms with Gasteiger partial charge in [-0.3, -0.25) is 0 Å².